The molecule has 0 aliphatic carbocycles. The molecule has 0 bridgehead atoms. The van der Waals surface area contributed by atoms with Crippen LogP contribution in [-0.2, 0) is 3.07 Å². The van der Waals surface area contributed by atoms with Crippen LogP contribution < -0.4 is 18.1 Å². The molecule has 0 aromatic rings. The predicted molar refractivity (Wildman–Crippen MR) is 60.1 cm³/mol. The first-order valence-corrected chi connectivity index (χ1v) is 11.3. The second kappa shape index (κ2) is 10.5. The minimum absolute atomic E-state index is 0. The third-order valence-electron chi connectivity index (χ3n) is 1.85. The van der Waals surface area contributed by atoms with E-state index < -0.39 is 20.2 Å². The topological polar surface area (TPSA) is 35.2 Å². The van der Waals surface area contributed by atoms with E-state index in [9.17, 15) is 0 Å². The summed E-state index contributed by atoms with van der Waals surface area (Å²) in [6.45, 7) is 7.45. The molecule has 14 heavy (non-hydrogen) atoms. The van der Waals surface area contributed by atoms with Crippen LogP contribution in [0.5, 0.6) is 0 Å². The van der Waals surface area contributed by atoms with Crippen molar-refractivity contribution in [1.29, 1.82) is 0 Å². The van der Waals surface area contributed by atoms with Crippen molar-refractivity contribution < 1.29 is 15.5 Å². The zero-order valence-electron chi connectivity index (χ0n) is 9.85. The monoisotopic (exact) mass is 329 g/mol. The molecule has 2 nitrogen and oxygen atoms in total. The van der Waals surface area contributed by atoms with E-state index in [2.05, 4.69) is 25.7 Å². The molecule has 0 saturated heterocycles. The molecule has 0 aliphatic rings. The van der Waals surface area contributed by atoms with E-state index in [1.165, 1.54) is 10.9 Å². The van der Waals surface area contributed by atoms with Crippen molar-refractivity contribution in [2.75, 3.05) is 6.61 Å². The number of hydrogen-bond acceptors (Lipinski definition) is 2. The molecule has 0 radical (unpaired) electrons. The molecule has 4 heteroatoms. The summed E-state index contributed by atoms with van der Waals surface area (Å²) in [6.07, 6.45) is 2.42. The zero-order valence-corrected chi connectivity index (χ0v) is 13.5. The maximum Gasteiger partial charge on any atom is -1.00 e. The van der Waals surface area contributed by atoms with Crippen LogP contribution in [0.4, 0.5) is 0 Å². The normalized spacial score (nSPS) is 12.4. The van der Waals surface area contributed by atoms with Gasteiger partial charge in [-0.15, -0.1) is 0 Å². The van der Waals surface area contributed by atoms with Gasteiger partial charge in [-0.25, -0.2) is 0 Å². The van der Waals surface area contributed by atoms with Crippen LogP contribution in [-0.4, -0.2) is 32.8 Å². The molecule has 2 N–H and O–H groups in total. The fourth-order valence-corrected chi connectivity index (χ4v) is 5.23. The molecule has 0 saturated carbocycles. The van der Waals surface area contributed by atoms with Gasteiger partial charge in [-0.3, -0.25) is 0 Å². The van der Waals surface area contributed by atoms with Crippen molar-refractivity contribution in [3.05, 3.63) is 0 Å². The van der Waals surface area contributed by atoms with Crippen molar-refractivity contribution in [2.45, 2.75) is 49.0 Å². The molecule has 0 heterocycles. The van der Waals surface area contributed by atoms with E-state index in [4.69, 9.17) is 8.81 Å². The van der Waals surface area contributed by atoms with Gasteiger partial charge >= 0.3 is 90.5 Å². The summed E-state index contributed by atoms with van der Waals surface area (Å²) < 4.78 is 7.17. The Bertz CT molecular complexity index is 123. The van der Waals surface area contributed by atoms with Crippen LogP contribution in [0.15, 0.2) is 0 Å². The standard InChI is InChI=1S/C5H12N.C4H9O.CH3.ClH.Sn/c1-3-4-5(2)6;1-4(2)3-5;;;/h5H,1,3-4,6H2,2H3;4H,3H2,1-2H3;1H3;1H;/q;-1;;;+2/p-1. The van der Waals surface area contributed by atoms with E-state index in [0.29, 0.717) is 12.0 Å². The van der Waals surface area contributed by atoms with Crippen LogP contribution >= 0.6 is 0 Å². The molecule has 0 fully saturated rings. The van der Waals surface area contributed by atoms with Gasteiger partial charge in [0.05, 0.1) is 0 Å². The van der Waals surface area contributed by atoms with Crippen molar-refractivity contribution in [2.24, 2.45) is 11.7 Å². The number of nitrogens with two attached hydrogens (primary N) is 1. The largest absolute Gasteiger partial charge is 1.00 e. The Kier molecular flexibility index (Phi) is 13.1. The van der Waals surface area contributed by atoms with Crippen molar-refractivity contribution in [3.63, 3.8) is 0 Å². The second-order valence-corrected chi connectivity index (χ2v) is 10.5. The third-order valence-corrected chi connectivity index (χ3v) is 6.75. The van der Waals surface area contributed by atoms with E-state index in [1.807, 2.05) is 0 Å². The molecule has 0 aromatic heterocycles. The molecule has 86 valence electrons. The second-order valence-electron chi connectivity index (χ2n) is 4.28. The van der Waals surface area contributed by atoms with Gasteiger partial charge in [-0.2, -0.15) is 0 Å². The number of rotatable bonds is 7. The molecule has 0 aliphatic heterocycles. The maximum atomic E-state index is 5.84. The molecule has 0 aromatic carbocycles. The summed E-state index contributed by atoms with van der Waals surface area (Å²) >= 11 is -1.40. The SMILES string of the molecule is CC(C)C[O][Sn+]([CH3])[CH2]CCC(C)N.[Cl-]. The molecular weight excluding hydrogens is 304 g/mol. The molecule has 1 atom stereocenters. The summed E-state index contributed by atoms with van der Waals surface area (Å²) in [7, 11) is 0. The average molecular weight is 328 g/mol. The van der Waals surface area contributed by atoms with Crippen LogP contribution in [0.3, 0.4) is 0 Å². The number of halogens is 1. The van der Waals surface area contributed by atoms with Gasteiger partial charge in [0.25, 0.3) is 0 Å². The van der Waals surface area contributed by atoms with Gasteiger partial charge in [0.15, 0.2) is 0 Å². The molecular formula is C10H24ClNOSn. The Balaban J connectivity index is 0. The first kappa shape index (κ1) is 17.4. The zero-order chi connectivity index (χ0) is 10.3. The Morgan fingerprint density at radius 2 is 1.86 bits per heavy atom. The van der Waals surface area contributed by atoms with Gasteiger partial charge in [-0.05, 0) is 0 Å². The summed E-state index contributed by atoms with van der Waals surface area (Å²) in [6, 6.07) is 0.362. The van der Waals surface area contributed by atoms with E-state index in [1.54, 1.807) is 0 Å². The van der Waals surface area contributed by atoms with Crippen LogP contribution in [0.2, 0.25) is 9.38 Å². The van der Waals surface area contributed by atoms with E-state index in [0.717, 1.165) is 13.0 Å². The van der Waals surface area contributed by atoms with Crippen LogP contribution in [0.1, 0.15) is 33.6 Å². The quantitative estimate of drug-likeness (QED) is 0.634. The summed E-state index contributed by atoms with van der Waals surface area (Å²) in [5.41, 5.74) is 5.68. The van der Waals surface area contributed by atoms with E-state index >= 15 is 0 Å². The fraction of sp³-hybridized carbons (Fsp3) is 1.00. The first-order chi connectivity index (χ1) is 6.02. The number of hydrogen-bond donors (Lipinski definition) is 1. The Morgan fingerprint density at radius 1 is 1.29 bits per heavy atom. The van der Waals surface area contributed by atoms with Gasteiger partial charge in [0.2, 0.25) is 0 Å². The average Bonchev–Trinajstić information content (AvgIpc) is 2.00. The van der Waals surface area contributed by atoms with Gasteiger partial charge in [0.1, 0.15) is 0 Å². The molecule has 0 rings (SSSR count). The van der Waals surface area contributed by atoms with Gasteiger partial charge in [0, 0.05) is 0 Å². The van der Waals surface area contributed by atoms with Crippen molar-refractivity contribution in [3.8, 4) is 0 Å². The Labute approximate surface area is 103 Å². The smallest absolute Gasteiger partial charge is 1.00 e. The summed E-state index contributed by atoms with van der Waals surface area (Å²) in [5, 5.41) is 0. The van der Waals surface area contributed by atoms with Crippen LogP contribution in [0.25, 0.3) is 0 Å². The molecule has 1 unspecified atom stereocenters. The van der Waals surface area contributed by atoms with Crippen molar-refractivity contribution >= 4 is 20.2 Å². The first-order valence-electron chi connectivity index (χ1n) is 5.23. The summed E-state index contributed by atoms with van der Waals surface area (Å²) in [5.74, 6) is 0.684. The van der Waals surface area contributed by atoms with Gasteiger partial charge in [-0.1, -0.05) is 0 Å². The Morgan fingerprint density at radius 3 is 2.29 bits per heavy atom. The van der Waals surface area contributed by atoms with Gasteiger partial charge < -0.3 is 12.4 Å². The minimum atomic E-state index is -1.40. The minimum Gasteiger partial charge on any atom is -1.00 e. The van der Waals surface area contributed by atoms with Crippen LogP contribution in [0, 0.1) is 5.92 Å². The van der Waals surface area contributed by atoms with E-state index in [-0.39, 0.29) is 12.4 Å². The predicted octanol–water partition coefficient (Wildman–Crippen LogP) is -0.588. The molecule has 0 amide bonds. The third kappa shape index (κ3) is 13.0. The van der Waals surface area contributed by atoms with Crippen molar-refractivity contribution in [1.82, 2.24) is 0 Å². The maximum absolute atomic E-state index is 5.84. The molecule has 0 spiro atoms. The summed E-state index contributed by atoms with van der Waals surface area (Å²) in [4.78, 5) is 2.34. The fourth-order valence-electron chi connectivity index (χ4n) is 1.05. The Hall–Kier alpha value is 1.01.